The summed E-state index contributed by atoms with van der Waals surface area (Å²) in [6.45, 7) is 4.24. The average Bonchev–Trinajstić information content (AvgIpc) is 2.55. The Labute approximate surface area is 90.8 Å². The zero-order valence-electron chi connectivity index (χ0n) is 7.67. The summed E-state index contributed by atoms with van der Waals surface area (Å²) in [5.41, 5.74) is 0. The topological polar surface area (TPSA) is 0 Å². The smallest absolute Gasteiger partial charge is 0.340 e. The van der Waals surface area contributed by atoms with Gasteiger partial charge in [0, 0.05) is 0 Å². The van der Waals surface area contributed by atoms with Crippen molar-refractivity contribution in [1.29, 1.82) is 0 Å². The fraction of sp³-hybridized carbons (Fsp3) is 0.818. The van der Waals surface area contributed by atoms with Crippen molar-refractivity contribution in [3.63, 3.8) is 0 Å². The van der Waals surface area contributed by atoms with Crippen molar-refractivity contribution in [2.24, 2.45) is 17.8 Å². The first-order valence-corrected chi connectivity index (χ1v) is 5.04. The summed E-state index contributed by atoms with van der Waals surface area (Å²) in [5, 5.41) is 0. The molecule has 1 heteroatoms. The van der Waals surface area contributed by atoms with E-state index < -0.39 is 0 Å². The first-order chi connectivity index (χ1) is 5.38. The van der Waals surface area contributed by atoms with Crippen LogP contribution in [0.3, 0.4) is 0 Å². The van der Waals surface area contributed by atoms with E-state index in [1.807, 2.05) is 0 Å². The van der Waals surface area contributed by atoms with E-state index >= 15 is 0 Å². The molecule has 2 aliphatic carbocycles. The molecule has 12 heavy (non-hydrogen) atoms. The van der Waals surface area contributed by atoms with Crippen molar-refractivity contribution in [3.8, 4) is 0 Å². The second kappa shape index (κ2) is 4.79. The van der Waals surface area contributed by atoms with Crippen LogP contribution >= 0.6 is 0 Å². The van der Waals surface area contributed by atoms with E-state index in [4.69, 9.17) is 0 Å². The largest absolute Gasteiger partial charge is 2.00 e. The van der Waals surface area contributed by atoms with E-state index in [1.54, 1.807) is 0 Å². The minimum atomic E-state index is 0. The normalized spacial score (nSPS) is 41.2. The fourth-order valence-corrected chi connectivity index (χ4v) is 2.82. The zero-order valence-corrected chi connectivity index (χ0v) is 10.6. The molecular weight excluding hydrogens is 316 g/mol. The van der Waals surface area contributed by atoms with Crippen LogP contribution in [-0.4, -0.2) is 0 Å². The quantitative estimate of drug-likeness (QED) is 0.646. The molecule has 0 bridgehead atoms. The maximum atomic E-state index is 4.24. The van der Waals surface area contributed by atoms with Gasteiger partial charge in [0.25, 0.3) is 0 Å². The second-order valence-electron chi connectivity index (χ2n) is 4.19. The molecule has 0 aliphatic heterocycles. The van der Waals surface area contributed by atoms with Crippen molar-refractivity contribution >= 4 is 0 Å². The van der Waals surface area contributed by atoms with Crippen LogP contribution in [0.5, 0.6) is 0 Å². The molecule has 0 radical (unpaired) electrons. The van der Waals surface area contributed by atoms with Crippen LogP contribution in [0.4, 0.5) is 0 Å². The van der Waals surface area contributed by atoms with Crippen LogP contribution in [0, 0.1) is 31.1 Å². The molecule has 2 rings (SSSR count). The SMILES string of the molecule is [CH2-]C1CCCC1C1[CH-]CCC1.[W+2]. The molecule has 0 amide bonds. The molecule has 3 atom stereocenters. The van der Waals surface area contributed by atoms with Crippen LogP contribution < -0.4 is 0 Å². The molecule has 0 aromatic carbocycles. The van der Waals surface area contributed by atoms with Crippen LogP contribution in [0.25, 0.3) is 0 Å². The van der Waals surface area contributed by atoms with Gasteiger partial charge in [0.05, 0.1) is 0 Å². The predicted molar refractivity (Wildman–Crippen MR) is 47.8 cm³/mol. The molecule has 0 nitrogen and oxygen atoms in total. The third kappa shape index (κ3) is 2.13. The molecule has 0 N–H and O–H groups in total. The Hall–Kier alpha value is 0.688. The summed E-state index contributed by atoms with van der Waals surface area (Å²) in [5.74, 6) is 2.67. The van der Waals surface area contributed by atoms with Gasteiger partial charge in [-0.05, 0) is 0 Å². The molecule has 0 aromatic rings. The summed E-state index contributed by atoms with van der Waals surface area (Å²) >= 11 is 0. The molecule has 0 saturated heterocycles. The Morgan fingerprint density at radius 1 is 1.08 bits per heavy atom. The van der Waals surface area contributed by atoms with E-state index in [-0.39, 0.29) is 21.1 Å². The maximum absolute atomic E-state index is 4.24. The average molecular weight is 334 g/mol. The van der Waals surface area contributed by atoms with Crippen molar-refractivity contribution < 1.29 is 21.1 Å². The molecule has 3 unspecified atom stereocenters. The molecular formula is C11H18W. The van der Waals surface area contributed by atoms with Gasteiger partial charge < -0.3 is 13.3 Å². The summed E-state index contributed by atoms with van der Waals surface area (Å²) in [4.78, 5) is 0. The third-order valence-corrected chi connectivity index (χ3v) is 3.48. The first-order valence-electron chi connectivity index (χ1n) is 5.04. The Balaban J connectivity index is 0.000000720. The zero-order chi connectivity index (χ0) is 7.68. The Bertz CT molecular complexity index is 127. The number of hydrogen-bond acceptors (Lipinski definition) is 0. The molecule has 0 heterocycles. The van der Waals surface area contributed by atoms with Crippen LogP contribution in [0.1, 0.15) is 38.5 Å². The minimum absolute atomic E-state index is 0. The Kier molecular flexibility index (Phi) is 4.30. The second-order valence-corrected chi connectivity index (χ2v) is 4.19. The van der Waals surface area contributed by atoms with Crippen molar-refractivity contribution in [2.75, 3.05) is 0 Å². The van der Waals surface area contributed by atoms with Gasteiger partial charge in [-0.15, -0.1) is 0 Å². The Morgan fingerprint density at radius 3 is 2.42 bits per heavy atom. The predicted octanol–water partition coefficient (Wildman–Crippen LogP) is 3.24. The van der Waals surface area contributed by atoms with Gasteiger partial charge >= 0.3 is 21.1 Å². The molecule has 0 aromatic heterocycles. The molecule has 2 fully saturated rings. The summed E-state index contributed by atoms with van der Waals surface area (Å²) < 4.78 is 0. The van der Waals surface area contributed by atoms with Crippen molar-refractivity contribution in [3.05, 3.63) is 13.3 Å². The van der Waals surface area contributed by atoms with Crippen LogP contribution in [-0.2, 0) is 21.1 Å². The van der Waals surface area contributed by atoms with Gasteiger partial charge in [0.2, 0.25) is 0 Å². The van der Waals surface area contributed by atoms with Crippen LogP contribution in [0.15, 0.2) is 0 Å². The van der Waals surface area contributed by atoms with E-state index in [0.29, 0.717) is 0 Å². The standard InChI is InChI=1S/C11H18.W/c1-9-5-4-8-11(9)10-6-2-3-7-10;/h6,9-11H,1-5,7-8H2;/q-2;+2. The fourth-order valence-electron chi connectivity index (χ4n) is 2.82. The maximum Gasteiger partial charge on any atom is 2.00 e. The third-order valence-electron chi connectivity index (χ3n) is 3.48. The van der Waals surface area contributed by atoms with Crippen molar-refractivity contribution in [1.82, 2.24) is 0 Å². The van der Waals surface area contributed by atoms with Gasteiger partial charge in [-0.1, -0.05) is 38.0 Å². The van der Waals surface area contributed by atoms with Gasteiger partial charge in [-0.2, -0.15) is 18.3 Å². The monoisotopic (exact) mass is 334 g/mol. The Morgan fingerprint density at radius 2 is 1.92 bits per heavy atom. The first kappa shape index (κ1) is 10.8. The summed E-state index contributed by atoms with van der Waals surface area (Å²) in [6.07, 6.45) is 11.1. The van der Waals surface area contributed by atoms with Gasteiger partial charge in [0.15, 0.2) is 0 Å². The molecule has 2 saturated carbocycles. The van der Waals surface area contributed by atoms with Crippen LogP contribution in [0.2, 0.25) is 0 Å². The van der Waals surface area contributed by atoms with Gasteiger partial charge in [-0.25, -0.2) is 0 Å². The van der Waals surface area contributed by atoms with Gasteiger partial charge in [-0.3, -0.25) is 0 Å². The summed E-state index contributed by atoms with van der Waals surface area (Å²) in [6, 6.07) is 0. The number of rotatable bonds is 1. The van der Waals surface area contributed by atoms with E-state index in [0.717, 1.165) is 17.8 Å². The molecule has 68 valence electrons. The van der Waals surface area contributed by atoms with E-state index in [2.05, 4.69) is 13.3 Å². The van der Waals surface area contributed by atoms with E-state index in [1.165, 1.54) is 38.5 Å². The molecule has 0 spiro atoms. The summed E-state index contributed by atoms with van der Waals surface area (Å²) in [7, 11) is 0. The van der Waals surface area contributed by atoms with E-state index in [9.17, 15) is 0 Å². The molecule has 2 aliphatic rings. The van der Waals surface area contributed by atoms with Crippen molar-refractivity contribution in [2.45, 2.75) is 38.5 Å². The number of hydrogen-bond donors (Lipinski definition) is 0. The minimum Gasteiger partial charge on any atom is -0.340 e. The van der Waals surface area contributed by atoms with Gasteiger partial charge in [0.1, 0.15) is 0 Å².